The van der Waals surface area contributed by atoms with Crippen LogP contribution >= 0.6 is 0 Å². The highest BCUT2D eigenvalue weighted by molar-refractivity contribution is 6.09. The van der Waals surface area contributed by atoms with E-state index < -0.39 is 0 Å². The van der Waals surface area contributed by atoms with Gasteiger partial charge in [-0.05, 0) is 27.7 Å². The third-order valence-electron chi connectivity index (χ3n) is 1.59. The first-order valence-electron chi connectivity index (χ1n) is 4.66. The van der Waals surface area contributed by atoms with Crippen LogP contribution in [0.2, 0.25) is 0 Å². The van der Waals surface area contributed by atoms with Crippen LogP contribution in [0.4, 0.5) is 0 Å². The number of hydrogen-bond donors (Lipinski definition) is 1. The molecule has 0 aromatic rings. The zero-order valence-electron chi connectivity index (χ0n) is 9.48. The quantitative estimate of drug-likeness (QED) is 0.438. The zero-order chi connectivity index (χ0) is 11.8. The third-order valence-corrected chi connectivity index (χ3v) is 1.59. The van der Waals surface area contributed by atoms with Gasteiger partial charge < -0.3 is 5.11 Å². The molecule has 4 heteroatoms. The summed E-state index contributed by atoms with van der Waals surface area (Å²) in [6, 6.07) is 0. The molecule has 0 aliphatic rings. The molecule has 15 heavy (non-hydrogen) atoms. The summed E-state index contributed by atoms with van der Waals surface area (Å²) in [4.78, 5) is 19.5. The number of rotatable bonds is 4. The van der Waals surface area contributed by atoms with E-state index in [1.54, 1.807) is 26.8 Å². The number of Topliss-reactive ketones (excluding diaryl/α,β-unsaturated/α-hetero) is 1. The van der Waals surface area contributed by atoms with Crippen molar-refractivity contribution in [2.24, 2.45) is 9.98 Å². The number of allylic oxidation sites excluding steroid dienone is 2. The highest BCUT2D eigenvalue weighted by Gasteiger charge is 2.15. The number of ketones is 1. The van der Waals surface area contributed by atoms with Crippen LogP contribution < -0.4 is 0 Å². The smallest absolute Gasteiger partial charge is 0.232 e. The Hall–Kier alpha value is -1.71. The first-order chi connectivity index (χ1) is 7.08. The van der Waals surface area contributed by atoms with E-state index in [-0.39, 0.29) is 22.9 Å². The van der Waals surface area contributed by atoms with Crippen molar-refractivity contribution in [3.63, 3.8) is 0 Å². The van der Waals surface area contributed by atoms with Gasteiger partial charge in [0.1, 0.15) is 17.2 Å². The van der Waals surface area contributed by atoms with Gasteiger partial charge in [-0.25, -0.2) is 0 Å². The number of aliphatic hydroxyl groups is 1. The second kappa shape index (κ2) is 6.70. The molecular weight excluding hydrogens is 192 g/mol. The first kappa shape index (κ1) is 13.3. The fourth-order valence-electron chi connectivity index (χ4n) is 0.970. The van der Waals surface area contributed by atoms with Crippen molar-refractivity contribution in [2.45, 2.75) is 27.7 Å². The Morgan fingerprint density at radius 3 is 2.00 bits per heavy atom. The van der Waals surface area contributed by atoms with Crippen molar-refractivity contribution in [1.82, 2.24) is 0 Å². The van der Waals surface area contributed by atoms with E-state index in [0.29, 0.717) is 0 Å². The number of hydrogen-bond acceptors (Lipinski definition) is 4. The third kappa shape index (κ3) is 3.89. The van der Waals surface area contributed by atoms with Crippen LogP contribution in [0, 0.1) is 0 Å². The van der Waals surface area contributed by atoms with Gasteiger partial charge in [0.05, 0.1) is 0 Å². The molecule has 0 rings (SSSR count). The average molecular weight is 208 g/mol. The minimum atomic E-state index is -0.381. The number of carbonyl (C=O) groups is 1. The Kier molecular flexibility index (Phi) is 5.94. The maximum absolute atomic E-state index is 11.8. The van der Waals surface area contributed by atoms with Crippen LogP contribution in [0.1, 0.15) is 27.7 Å². The summed E-state index contributed by atoms with van der Waals surface area (Å²) < 4.78 is 0. The Morgan fingerprint density at radius 1 is 1.13 bits per heavy atom. The van der Waals surface area contributed by atoms with E-state index in [2.05, 4.69) is 9.98 Å². The number of nitrogens with zero attached hydrogens (tertiary/aromatic N) is 2. The van der Waals surface area contributed by atoms with Gasteiger partial charge in [0, 0.05) is 12.4 Å². The highest BCUT2D eigenvalue weighted by Crippen LogP contribution is 2.11. The predicted octanol–water partition coefficient (Wildman–Crippen LogP) is 2.43. The lowest BCUT2D eigenvalue weighted by Crippen LogP contribution is -2.06. The van der Waals surface area contributed by atoms with Crippen LogP contribution in [0.3, 0.4) is 0 Å². The molecule has 0 spiro atoms. The molecular formula is C11H16N2O2. The Bertz CT molecular complexity index is 346. The standard InChI is InChI=1S/C11H16N2O2/c1-5-9(12-6-2)11(15)10(8(4)14)13-7-3/h5-7,14H,1-4H3/b9-5-,10-8?,12-6?,13-7?. The van der Waals surface area contributed by atoms with Crippen LogP contribution in [0.5, 0.6) is 0 Å². The number of aliphatic imine (C=N–C) groups is 2. The molecule has 0 aliphatic carbocycles. The van der Waals surface area contributed by atoms with E-state index in [0.717, 1.165) is 0 Å². The zero-order valence-corrected chi connectivity index (χ0v) is 9.48. The molecule has 0 radical (unpaired) electrons. The van der Waals surface area contributed by atoms with Crippen molar-refractivity contribution < 1.29 is 9.90 Å². The van der Waals surface area contributed by atoms with Gasteiger partial charge in [0.15, 0.2) is 0 Å². The number of carbonyl (C=O) groups excluding carboxylic acids is 1. The molecule has 1 N–H and O–H groups in total. The average Bonchev–Trinajstić information content (AvgIpc) is 2.21. The lowest BCUT2D eigenvalue weighted by atomic mass is 10.2. The molecule has 0 aromatic heterocycles. The maximum atomic E-state index is 11.8. The highest BCUT2D eigenvalue weighted by atomic mass is 16.3. The second-order valence-electron chi connectivity index (χ2n) is 2.71. The summed E-state index contributed by atoms with van der Waals surface area (Å²) in [5.41, 5.74) is 0.294. The van der Waals surface area contributed by atoms with E-state index >= 15 is 0 Å². The van der Waals surface area contributed by atoms with Crippen molar-refractivity contribution in [3.05, 3.63) is 23.2 Å². The summed E-state index contributed by atoms with van der Waals surface area (Å²) in [7, 11) is 0. The van der Waals surface area contributed by atoms with E-state index in [4.69, 9.17) is 0 Å². The molecule has 0 unspecified atom stereocenters. The summed E-state index contributed by atoms with van der Waals surface area (Å²) in [5, 5.41) is 9.29. The monoisotopic (exact) mass is 208 g/mol. The topological polar surface area (TPSA) is 62.0 Å². The van der Waals surface area contributed by atoms with Gasteiger partial charge in [-0.3, -0.25) is 14.8 Å². The van der Waals surface area contributed by atoms with Gasteiger partial charge >= 0.3 is 0 Å². The van der Waals surface area contributed by atoms with Gasteiger partial charge in [-0.2, -0.15) is 0 Å². The molecule has 0 heterocycles. The Labute approximate surface area is 89.8 Å². The van der Waals surface area contributed by atoms with Crippen molar-refractivity contribution in [2.75, 3.05) is 0 Å². The van der Waals surface area contributed by atoms with Gasteiger partial charge in [-0.15, -0.1) is 0 Å². The Balaban J connectivity index is 5.22. The molecule has 0 aromatic carbocycles. The molecule has 0 fully saturated rings. The van der Waals surface area contributed by atoms with Crippen LogP contribution in [-0.2, 0) is 4.79 Å². The summed E-state index contributed by atoms with van der Waals surface area (Å²) in [6.07, 6.45) is 4.56. The van der Waals surface area contributed by atoms with Gasteiger partial charge in [0.25, 0.3) is 0 Å². The van der Waals surface area contributed by atoms with Crippen molar-refractivity contribution in [3.8, 4) is 0 Å². The summed E-state index contributed by atoms with van der Waals surface area (Å²) in [6.45, 7) is 6.52. The van der Waals surface area contributed by atoms with Crippen molar-refractivity contribution >= 4 is 18.2 Å². The molecule has 0 amide bonds. The predicted molar refractivity (Wildman–Crippen MR) is 62.4 cm³/mol. The molecule has 0 aliphatic heterocycles. The molecule has 0 saturated carbocycles. The number of aliphatic hydroxyl groups excluding tert-OH is 1. The van der Waals surface area contributed by atoms with E-state index in [1.807, 2.05) is 0 Å². The minimum absolute atomic E-state index is 0.0243. The molecule has 0 bridgehead atoms. The van der Waals surface area contributed by atoms with Gasteiger partial charge in [-0.1, -0.05) is 6.08 Å². The molecule has 82 valence electrons. The van der Waals surface area contributed by atoms with Crippen molar-refractivity contribution in [1.29, 1.82) is 0 Å². The normalized spacial score (nSPS) is 14.8. The largest absolute Gasteiger partial charge is 0.510 e. The van der Waals surface area contributed by atoms with Crippen LogP contribution in [-0.4, -0.2) is 23.3 Å². The van der Waals surface area contributed by atoms with Crippen LogP contribution in [0.25, 0.3) is 0 Å². The summed E-state index contributed by atoms with van der Waals surface area (Å²) in [5.74, 6) is -0.488. The molecule has 0 saturated heterocycles. The summed E-state index contributed by atoms with van der Waals surface area (Å²) >= 11 is 0. The molecule has 0 atom stereocenters. The lowest BCUT2D eigenvalue weighted by Gasteiger charge is -2.02. The lowest BCUT2D eigenvalue weighted by molar-refractivity contribution is -0.112. The first-order valence-corrected chi connectivity index (χ1v) is 4.66. The Morgan fingerprint density at radius 2 is 1.67 bits per heavy atom. The minimum Gasteiger partial charge on any atom is -0.510 e. The molecule has 4 nitrogen and oxygen atoms in total. The second-order valence-corrected chi connectivity index (χ2v) is 2.71. The van der Waals surface area contributed by atoms with Gasteiger partial charge in [0.2, 0.25) is 5.78 Å². The fourth-order valence-corrected chi connectivity index (χ4v) is 0.970. The van der Waals surface area contributed by atoms with Crippen LogP contribution in [0.15, 0.2) is 33.2 Å². The fraction of sp³-hybridized carbons (Fsp3) is 0.364. The maximum Gasteiger partial charge on any atom is 0.232 e. The SMILES string of the molecule is CC=NC(C(=O)/C(=C/C)N=CC)=C(C)O. The van der Waals surface area contributed by atoms with E-state index in [1.165, 1.54) is 19.4 Å². The van der Waals surface area contributed by atoms with E-state index in [9.17, 15) is 9.90 Å².